The van der Waals surface area contributed by atoms with Gasteiger partial charge in [-0.25, -0.2) is 13.1 Å². The molecule has 1 aromatic heterocycles. The Labute approximate surface area is 200 Å². The molecule has 0 saturated carbocycles. The largest absolute Gasteiger partial charge is 0.383 e. The van der Waals surface area contributed by atoms with Crippen molar-refractivity contribution in [1.29, 1.82) is 0 Å². The molecule has 1 atom stereocenters. The van der Waals surface area contributed by atoms with Crippen molar-refractivity contribution in [2.24, 2.45) is 10.9 Å². The van der Waals surface area contributed by atoms with E-state index in [-0.39, 0.29) is 35.4 Å². The topological polar surface area (TPSA) is 91.8 Å². The van der Waals surface area contributed by atoms with Crippen LogP contribution in [0.25, 0.3) is 0 Å². The van der Waals surface area contributed by atoms with Gasteiger partial charge in [0, 0.05) is 38.7 Å². The number of nitrogens with zero attached hydrogens (tertiary/aromatic N) is 1. The Morgan fingerprint density at radius 1 is 1.23 bits per heavy atom. The maximum Gasteiger partial charge on any atom is 0.240 e. The summed E-state index contributed by atoms with van der Waals surface area (Å²) >= 11 is 1.77. The zero-order valence-corrected chi connectivity index (χ0v) is 21.5. The molecule has 10 heteroatoms. The molecule has 0 saturated heterocycles. The first kappa shape index (κ1) is 26.8. The Hall–Kier alpha value is -1.21. The van der Waals surface area contributed by atoms with Gasteiger partial charge in [0.15, 0.2) is 5.96 Å². The van der Waals surface area contributed by atoms with Gasteiger partial charge in [-0.2, -0.15) is 0 Å². The molecule has 0 fully saturated rings. The molecule has 0 radical (unpaired) electrons. The summed E-state index contributed by atoms with van der Waals surface area (Å²) in [7, 11) is -0.294. The van der Waals surface area contributed by atoms with Crippen molar-refractivity contribution in [3.8, 4) is 0 Å². The van der Waals surface area contributed by atoms with Gasteiger partial charge in [0.2, 0.25) is 10.0 Å². The number of hydrogen-bond acceptors (Lipinski definition) is 5. The Morgan fingerprint density at radius 2 is 2.03 bits per heavy atom. The van der Waals surface area contributed by atoms with Gasteiger partial charge >= 0.3 is 0 Å². The average molecular weight is 567 g/mol. The van der Waals surface area contributed by atoms with Gasteiger partial charge in [0.05, 0.1) is 11.5 Å². The van der Waals surface area contributed by atoms with Gasteiger partial charge < -0.3 is 15.4 Å². The summed E-state index contributed by atoms with van der Waals surface area (Å²) in [5.74, 6) is 1.16. The SMILES string of the molecule is CN=C(NCc1cccc(S(=O)(=O)NCCOC)c1)NCC(C)Cc1cccs1.I. The van der Waals surface area contributed by atoms with E-state index in [0.29, 0.717) is 25.0 Å². The number of nitrogens with one attached hydrogen (secondary N) is 3. The summed E-state index contributed by atoms with van der Waals surface area (Å²) in [6.07, 6.45) is 1.03. The first-order chi connectivity index (χ1) is 13.9. The number of aliphatic imine (C=N–C) groups is 1. The van der Waals surface area contributed by atoms with E-state index in [1.807, 2.05) is 6.07 Å². The second-order valence-electron chi connectivity index (χ2n) is 6.73. The number of hydrogen-bond donors (Lipinski definition) is 3. The first-order valence-corrected chi connectivity index (χ1v) is 11.9. The van der Waals surface area contributed by atoms with Crippen LogP contribution in [-0.2, 0) is 27.7 Å². The van der Waals surface area contributed by atoms with E-state index < -0.39 is 10.0 Å². The van der Waals surface area contributed by atoms with Crippen molar-refractivity contribution in [1.82, 2.24) is 15.4 Å². The maximum absolute atomic E-state index is 12.3. The number of halogens is 1. The van der Waals surface area contributed by atoms with E-state index in [9.17, 15) is 8.42 Å². The van der Waals surface area contributed by atoms with Crippen molar-refractivity contribution in [3.63, 3.8) is 0 Å². The molecule has 0 aliphatic carbocycles. The Bertz CT molecular complexity index is 874. The van der Waals surface area contributed by atoms with Crippen molar-refractivity contribution >= 4 is 51.3 Å². The van der Waals surface area contributed by atoms with Crippen molar-refractivity contribution in [2.45, 2.75) is 24.8 Å². The van der Waals surface area contributed by atoms with Gasteiger partial charge in [-0.15, -0.1) is 35.3 Å². The van der Waals surface area contributed by atoms with Crippen LogP contribution in [0.5, 0.6) is 0 Å². The third-order valence-corrected chi connectivity index (χ3v) is 6.60. The summed E-state index contributed by atoms with van der Waals surface area (Å²) in [6.45, 7) is 4.04. The third-order valence-electron chi connectivity index (χ3n) is 4.24. The summed E-state index contributed by atoms with van der Waals surface area (Å²) in [5, 5.41) is 8.66. The summed E-state index contributed by atoms with van der Waals surface area (Å²) in [5.41, 5.74) is 0.856. The highest BCUT2D eigenvalue weighted by atomic mass is 127. The number of guanidine groups is 1. The average Bonchev–Trinajstić information content (AvgIpc) is 3.21. The van der Waals surface area contributed by atoms with Crippen LogP contribution in [0.4, 0.5) is 0 Å². The summed E-state index contributed by atoms with van der Waals surface area (Å²) in [4.78, 5) is 5.86. The molecular weight excluding hydrogens is 535 g/mol. The van der Waals surface area contributed by atoms with E-state index in [1.54, 1.807) is 36.6 Å². The predicted octanol–water partition coefficient (Wildman–Crippen LogP) is 2.83. The molecular formula is C20H31IN4O3S2. The highest BCUT2D eigenvalue weighted by Gasteiger charge is 2.14. The molecule has 3 N–H and O–H groups in total. The minimum Gasteiger partial charge on any atom is -0.383 e. The molecule has 2 aromatic rings. The maximum atomic E-state index is 12.3. The molecule has 0 amide bonds. The number of rotatable bonds is 11. The van der Waals surface area contributed by atoms with Crippen LogP contribution in [0.15, 0.2) is 51.7 Å². The predicted molar refractivity (Wildman–Crippen MR) is 134 cm³/mol. The minimum atomic E-state index is -3.55. The Morgan fingerprint density at radius 3 is 2.70 bits per heavy atom. The van der Waals surface area contributed by atoms with Crippen LogP contribution < -0.4 is 15.4 Å². The molecule has 1 heterocycles. The highest BCUT2D eigenvalue weighted by molar-refractivity contribution is 14.0. The molecule has 1 unspecified atom stereocenters. The number of ether oxygens (including phenoxy) is 1. The molecule has 7 nitrogen and oxygen atoms in total. The fourth-order valence-electron chi connectivity index (χ4n) is 2.71. The molecule has 0 aliphatic heterocycles. The third kappa shape index (κ3) is 9.29. The van der Waals surface area contributed by atoms with E-state index in [2.05, 4.69) is 44.8 Å². The molecule has 0 spiro atoms. The lowest BCUT2D eigenvalue weighted by molar-refractivity contribution is 0.204. The second kappa shape index (κ2) is 14.0. The summed E-state index contributed by atoms with van der Waals surface area (Å²) < 4.78 is 32.1. The van der Waals surface area contributed by atoms with Crippen molar-refractivity contribution in [2.75, 3.05) is 33.9 Å². The minimum absolute atomic E-state index is 0. The van der Waals surface area contributed by atoms with E-state index in [0.717, 1.165) is 18.5 Å². The standard InChI is InChI=1S/C20H30N4O3S2.HI/c1-16(12-18-7-5-11-28-18)14-22-20(21-2)23-15-17-6-4-8-19(13-17)29(25,26)24-9-10-27-3;/h4-8,11,13,16,24H,9-10,12,14-15H2,1-3H3,(H2,21,22,23);1H. The van der Waals surface area contributed by atoms with Gasteiger partial charge in [-0.1, -0.05) is 25.1 Å². The van der Waals surface area contributed by atoms with Gasteiger partial charge in [-0.05, 0) is 41.5 Å². The lowest BCUT2D eigenvalue weighted by Gasteiger charge is -2.16. The van der Waals surface area contributed by atoms with Crippen LogP contribution in [0, 0.1) is 5.92 Å². The normalized spacial score (nSPS) is 12.8. The molecule has 0 aliphatic rings. The highest BCUT2D eigenvalue weighted by Crippen LogP contribution is 2.14. The number of methoxy groups -OCH3 is 1. The fraction of sp³-hybridized carbons (Fsp3) is 0.450. The van der Waals surface area contributed by atoms with Crippen molar-refractivity contribution in [3.05, 3.63) is 52.2 Å². The van der Waals surface area contributed by atoms with E-state index in [4.69, 9.17) is 4.74 Å². The molecule has 0 bridgehead atoms. The number of sulfonamides is 1. The number of thiophene rings is 1. The van der Waals surface area contributed by atoms with Crippen LogP contribution in [-0.4, -0.2) is 48.2 Å². The van der Waals surface area contributed by atoms with Crippen LogP contribution in [0.3, 0.4) is 0 Å². The lowest BCUT2D eigenvalue weighted by Crippen LogP contribution is -2.39. The second-order valence-corrected chi connectivity index (χ2v) is 9.53. The fourth-order valence-corrected chi connectivity index (χ4v) is 4.66. The zero-order chi connectivity index (χ0) is 21.1. The monoisotopic (exact) mass is 566 g/mol. The van der Waals surface area contributed by atoms with E-state index >= 15 is 0 Å². The molecule has 168 valence electrons. The lowest BCUT2D eigenvalue weighted by atomic mass is 10.1. The first-order valence-electron chi connectivity index (χ1n) is 9.49. The van der Waals surface area contributed by atoms with Crippen LogP contribution in [0.1, 0.15) is 17.4 Å². The zero-order valence-electron chi connectivity index (χ0n) is 17.6. The van der Waals surface area contributed by atoms with Crippen LogP contribution in [0.2, 0.25) is 0 Å². The van der Waals surface area contributed by atoms with Gasteiger partial charge in [0.1, 0.15) is 0 Å². The van der Waals surface area contributed by atoms with Gasteiger partial charge in [-0.3, -0.25) is 4.99 Å². The molecule has 30 heavy (non-hydrogen) atoms. The Balaban J connectivity index is 0.00000450. The van der Waals surface area contributed by atoms with Crippen molar-refractivity contribution < 1.29 is 13.2 Å². The number of benzene rings is 1. The summed E-state index contributed by atoms with van der Waals surface area (Å²) in [6, 6.07) is 11.1. The smallest absolute Gasteiger partial charge is 0.240 e. The van der Waals surface area contributed by atoms with Gasteiger partial charge in [0.25, 0.3) is 0 Å². The quantitative estimate of drug-likeness (QED) is 0.169. The Kier molecular flexibility index (Phi) is 12.5. The molecule has 1 aromatic carbocycles. The molecule has 2 rings (SSSR count). The van der Waals surface area contributed by atoms with Crippen LogP contribution >= 0.6 is 35.3 Å². The van der Waals surface area contributed by atoms with E-state index in [1.165, 1.54) is 12.0 Å².